The first-order valence-corrected chi connectivity index (χ1v) is 13.8. The zero-order chi connectivity index (χ0) is 22.3. The zero-order valence-corrected chi connectivity index (χ0v) is 20.2. The molecule has 170 valence electrons. The molecular formula is C21H28N2O5S3. The minimum absolute atomic E-state index is 0.0987. The molecule has 0 aliphatic carbocycles. The van der Waals surface area contributed by atoms with Gasteiger partial charge in [0.15, 0.2) is 11.5 Å². The Bertz CT molecular complexity index is 985. The normalized spacial score (nSPS) is 14.9. The Hall–Kier alpha value is -1.75. The molecule has 1 N–H and O–H groups in total. The van der Waals surface area contributed by atoms with Gasteiger partial charge >= 0.3 is 0 Å². The minimum atomic E-state index is -3.65. The molecule has 0 saturated carbocycles. The van der Waals surface area contributed by atoms with Crippen LogP contribution < -0.4 is 14.8 Å². The maximum atomic E-state index is 13.0. The van der Waals surface area contributed by atoms with Crippen LogP contribution in [0.5, 0.6) is 11.5 Å². The number of sulfonamides is 1. The summed E-state index contributed by atoms with van der Waals surface area (Å²) in [6, 6.07) is 7.25. The van der Waals surface area contributed by atoms with E-state index in [2.05, 4.69) is 5.32 Å². The molecule has 1 amide bonds. The van der Waals surface area contributed by atoms with Gasteiger partial charge in [0.25, 0.3) is 5.91 Å². The van der Waals surface area contributed by atoms with Crippen molar-refractivity contribution in [2.45, 2.75) is 25.2 Å². The highest BCUT2D eigenvalue weighted by Gasteiger charge is 2.31. The molecule has 0 atom stereocenters. The summed E-state index contributed by atoms with van der Waals surface area (Å²) in [7, 11) is -3.65. The van der Waals surface area contributed by atoms with E-state index in [4.69, 9.17) is 9.47 Å². The third-order valence-corrected chi connectivity index (χ3v) is 8.66. The van der Waals surface area contributed by atoms with Crippen LogP contribution in [0.25, 0.3) is 0 Å². The van der Waals surface area contributed by atoms with Crippen molar-refractivity contribution in [3.8, 4) is 11.5 Å². The molecular weight excluding hydrogens is 456 g/mol. The number of thioether (sulfide) groups is 1. The first-order valence-electron chi connectivity index (χ1n) is 10.3. The van der Waals surface area contributed by atoms with Crippen molar-refractivity contribution in [3.63, 3.8) is 0 Å². The van der Waals surface area contributed by atoms with Crippen LogP contribution in [0.2, 0.25) is 0 Å². The summed E-state index contributed by atoms with van der Waals surface area (Å²) in [4.78, 5) is 13.1. The van der Waals surface area contributed by atoms with Gasteiger partial charge in [0, 0.05) is 31.1 Å². The summed E-state index contributed by atoms with van der Waals surface area (Å²) in [6.45, 7) is 6.26. The van der Waals surface area contributed by atoms with Crippen LogP contribution in [0, 0.1) is 0 Å². The molecule has 2 heterocycles. The molecule has 1 aromatic heterocycles. The van der Waals surface area contributed by atoms with Gasteiger partial charge in [-0.25, -0.2) is 8.42 Å². The van der Waals surface area contributed by atoms with Crippen LogP contribution in [0.3, 0.4) is 0 Å². The van der Waals surface area contributed by atoms with Crippen molar-refractivity contribution in [2.24, 2.45) is 0 Å². The molecule has 1 fully saturated rings. The van der Waals surface area contributed by atoms with Gasteiger partial charge in [-0.2, -0.15) is 16.1 Å². The largest absolute Gasteiger partial charge is 0.490 e. The summed E-state index contributed by atoms with van der Waals surface area (Å²) in [5, 5.41) is 4.51. The maximum absolute atomic E-state index is 13.0. The molecule has 2 aromatic rings. The Kier molecular flexibility index (Phi) is 8.65. The first kappa shape index (κ1) is 23.9. The van der Waals surface area contributed by atoms with E-state index in [0.717, 1.165) is 28.4 Å². The maximum Gasteiger partial charge on any atom is 0.262 e. The lowest BCUT2D eigenvalue weighted by atomic mass is 10.1. The quantitative estimate of drug-likeness (QED) is 0.557. The number of nitrogens with one attached hydrogen (secondary N) is 1. The van der Waals surface area contributed by atoms with Gasteiger partial charge in [-0.1, -0.05) is 6.07 Å². The lowest BCUT2D eigenvalue weighted by molar-refractivity contribution is 0.0955. The number of benzene rings is 1. The highest BCUT2D eigenvalue weighted by molar-refractivity contribution is 7.99. The van der Waals surface area contributed by atoms with Crippen LogP contribution >= 0.6 is 23.1 Å². The summed E-state index contributed by atoms with van der Waals surface area (Å²) >= 11 is 2.89. The van der Waals surface area contributed by atoms with Crippen LogP contribution in [-0.4, -0.2) is 63.0 Å². The van der Waals surface area contributed by atoms with Crippen LogP contribution in [-0.2, 0) is 16.4 Å². The summed E-state index contributed by atoms with van der Waals surface area (Å²) < 4.78 is 38.6. The van der Waals surface area contributed by atoms with Crippen molar-refractivity contribution < 1.29 is 22.7 Å². The van der Waals surface area contributed by atoms with Gasteiger partial charge in [0.2, 0.25) is 10.0 Å². The average Bonchev–Trinajstić information content (AvgIpc) is 3.27. The lowest BCUT2D eigenvalue weighted by Crippen LogP contribution is -2.38. The highest BCUT2D eigenvalue weighted by atomic mass is 32.2. The second-order valence-corrected chi connectivity index (χ2v) is 10.8. The number of hydrogen-bond donors (Lipinski definition) is 1. The van der Waals surface area contributed by atoms with Gasteiger partial charge in [-0.3, -0.25) is 4.79 Å². The molecule has 10 heteroatoms. The molecule has 0 radical (unpaired) electrons. The standard InChI is InChI=1S/C21H28N2O5S3/c1-3-27-17-6-5-16(15-18(17)28-4-2)7-9-22-21(24)20-19(8-12-30-20)31(25,26)23-10-13-29-14-11-23/h5-6,8,12,15H,3-4,7,9-11,13-14H2,1-2H3,(H,22,24). The van der Waals surface area contributed by atoms with Crippen LogP contribution in [0.15, 0.2) is 34.5 Å². The number of hydrogen-bond acceptors (Lipinski definition) is 7. The summed E-state index contributed by atoms with van der Waals surface area (Å²) in [5.74, 6) is 2.56. The Morgan fingerprint density at radius 2 is 1.81 bits per heavy atom. The molecule has 0 spiro atoms. The minimum Gasteiger partial charge on any atom is -0.490 e. The first-order chi connectivity index (χ1) is 15.0. The van der Waals surface area contributed by atoms with Crippen molar-refractivity contribution in [1.29, 1.82) is 0 Å². The van der Waals surface area contributed by atoms with E-state index < -0.39 is 10.0 Å². The Morgan fingerprint density at radius 3 is 2.52 bits per heavy atom. The number of carbonyl (C=O) groups excluding carboxylic acids is 1. The van der Waals surface area contributed by atoms with E-state index in [-0.39, 0.29) is 15.7 Å². The molecule has 0 unspecified atom stereocenters. The predicted molar refractivity (Wildman–Crippen MR) is 125 cm³/mol. The van der Waals surface area contributed by atoms with E-state index in [1.54, 1.807) is 17.1 Å². The highest BCUT2D eigenvalue weighted by Crippen LogP contribution is 2.29. The van der Waals surface area contributed by atoms with Crippen molar-refractivity contribution in [2.75, 3.05) is 44.4 Å². The van der Waals surface area contributed by atoms with E-state index in [9.17, 15) is 13.2 Å². The van der Waals surface area contributed by atoms with Crippen molar-refractivity contribution in [1.82, 2.24) is 9.62 Å². The second kappa shape index (κ2) is 11.2. The number of ether oxygens (including phenoxy) is 2. The summed E-state index contributed by atoms with van der Waals surface area (Å²) in [5.41, 5.74) is 0.997. The number of rotatable bonds is 10. The van der Waals surface area contributed by atoms with Crippen LogP contribution in [0.4, 0.5) is 0 Å². The Morgan fingerprint density at radius 1 is 1.10 bits per heavy atom. The Balaban J connectivity index is 1.63. The Labute approximate surface area is 192 Å². The van der Waals surface area contributed by atoms with Crippen molar-refractivity contribution in [3.05, 3.63) is 40.1 Å². The molecule has 7 nitrogen and oxygen atoms in total. The molecule has 1 aliphatic rings. The topological polar surface area (TPSA) is 84.9 Å². The van der Waals surface area contributed by atoms with E-state index in [1.165, 1.54) is 10.4 Å². The smallest absolute Gasteiger partial charge is 0.262 e. The number of carbonyl (C=O) groups is 1. The number of thiophene rings is 1. The van der Waals surface area contributed by atoms with E-state index >= 15 is 0 Å². The predicted octanol–water partition coefficient (Wildman–Crippen LogP) is 3.26. The zero-order valence-electron chi connectivity index (χ0n) is 17.8. The number of amides is 1. The third kappa shape index (κ3) is 5.94. The molecule has 1 aliphatic heterocycles. The van der Waals surface area contributed by atoms with E-state index in [0.29, 0.717) is 50.8 Å². The SMILES string of the molecule is CCOc1ccc(CCNC(=O)c2sccc2S(=O)(=O)N2CCSCC2)cc1OCC. The van der Waals surface area contributed by atoms with Gasteiger partial charge in [0.1, 0.15) is 9.77 Å². The second-order valence-electron chi connectivity index (χ2n) is 6.78. The molecule has 1 saturated heterocycles. The summed E-state index contributed by atoms with van der Waals surface area (Å²) in [6.07, 6.45) is 0.592. The molecule has 0 bridgehead atoms. The fraction of sp³-hybridized carbons (Fsp3) is 0.476. The number of nitrogens with zero attached hydrogens (tertiary/aromatic N) is 1. The van der Waals surface area contributed by atoms with E-state index in [1.807, 2.05) is 32.0 Å². The third-order valence-electron chi connectivity index (χ3n) is 4.73. The van der Waals surface area contributed by atoms with Crippen molar-refractivity contribution >= 4 is 39.0 Å². The monoisotopic (exact) mass is 484 g/mol. The van der Waals surface area contributed by atoms with Gasteiger partial charge in [-0.15, -0.1) is 11.3 Å². The fourth-order valence-corrected chi connectivity index (χ4v) is 7.14. The van der Waals surface area contributed by atoms with Crippen LogP contribution in [0.1, 0.15) is 29.1 Å². The van der Waals surface area contributed by atoms with Gasteiger partial charge in [0.05, 0.1) is 13.2 Å². The fourth-order valence-electron chi connectivity index (χ4n) is 3.24. The lowest BCUT2D eigenvalue weighted by Gasteiger charge is -2.25. The molecule has 1 aromatic carbocycles. The van der Waals surface area contributed by atoms with Gasteiger partial charge < -0.3 is 14.8 Å². The van der Waals surface area contributed by atoms with Gasteiger partial charge in [-0.05, 0) is 49.4 Å². The average molecular weight is 485 g/mol. The molecule has 3 rings (SSSR count). The molecule has 31 heavy (non-hydrogen) atoms.